The van der Waals surface area contributed by atoms with Gasteiger partial charge in [-0.2, -0.15) is 0 Å². The van der Waals surface area contributed by atoms with Crippen molar-refractivity contribution in [2.45, 2.75) is 33.2 Å². The molecule has 0 spiro atoms. The Balaban J connectivity index is 2.21. The molecule has 3 nitrogen and oxygen atoms in total. The molecule has 1 atom stereocenters. The predicted octanol–water partition coefficient (Wildman–Crippen LogP) is 5.01. The van der Waals surface area contributed by atoms with Crippen molar-refractivity contribution in [2.75, 3.05) is 6.54 Å². The van der Waals surface area contributed by atoms with Crippen LogP contribution in [0.1, 0.15) is 37.4 Å². The van der Waals surface area contributed by atoms with Gasteiger partial charge in [0, 0.05) is 22.3 Å². The number of aromatic nitrogens is 1. The lowest BCUT2D eigenvalue weighted by molar-refractivity contribution is 0.442. The summed E-state index contributed by atoms with van der Waals surface area (Å²) in [5.74, 6) is 1.47. The number of nitrogens with one attached hydrogen (secondary N) is 1. The first kappa shape index (κ1) is 16.0. The van der Waals surface area contributed by atoms with Gasteiger partial charge in [0.1, 0.15) is 5.75 Å². The molecule has 1 unspecified atom stereocenters. The van der Waals surface area contributed by atoms with Crippen LogP contribution < -0.4 is 10.1 Å². The third-order valence-corrected chi connectivity index (χ3v) is 4.20. The van der Waals surface area contributed by atoms with E-state index < -0.39 is 0 Å². The Hall–Kier alpha value is -1.39. The number of hydrogen-bond donors (Lipinski definition) is 1. The summed E-state index contributed by atoms with van der Waals surface area (Å²) in [4.78, 5) is 4.38. The summed E-state index contributed by atoms with van der Waals surface area (Å²) in [6.45, 7) is 7.31. The standard InChI is InChI=1S/C17H21BrN2O/c1-4-9-19-13(3)15-6-5-10-20-17(15)21-14-7-8-16(18)12(2)11-14/h5-8,10-11,13,19H,4,9H2,1-3H3. The van der Waals surface area contributed by atoms with Crippen LogP contribution >= 0.6 is 15.9 Å². The van der Waals surface area contributed by atoms with Gasteiger partial charge in [-0.25, -0.2) is 4.98 Å². The Kier molecular flexibility index (Phi) is 5.76. The Morgan fingerprint density at radius 3 is 2.86 bits per heavy atom. The fourth-order valence-electron chi connectivity index (χ4n) is 2.08. The molecule has 0 saturated heterocycles. The molecule has 0 radical (unpaired) electrons. The molecule has 0 amide bonds. The van der Waals surface area contributed by atoms with Gasteiger partial charge in [0.25, 0.3) is 0 Å². The topological polar surface area (TPSA) is 34.2 Å². The largest absolute Gasteiger partial charge is 0.439 e. The van der Waals surface area contributed by atoms with E-state index in [0.717, 1.165) is 34.3 Å². The third-order valence-electron chi connectivity index (χ3n) is 3.31. The zero-order valence-electron chi connectivity index (χ0n) is 12.7. The maximum atomic E-state index is 5.97. The van der Waals surface area contributed by atoms with E-state index in [9.17, 15) is 0 Å². The van der Waals surface area contributed by atoms with E-state index in [2.05, 4.69) is 46.1 Å². The van der Waals surface area contributed by atoms with Crippen LogP contribution in [-0.4, -0.2) is 11.5 Å². The van der Waals surface area contributed by atoms with E-state index in [1.54, 1.807) is 6.20 Å². The van der Waals surface area contributed by atoms with Crippen molar-refractivity contribution >= 4 is 15.9 Å². The molecule has 4 heteroatoms. The molecular formula is C17H21BrN2O. The minimum atomic E-state index is 0.213. The summed E-state index contributed by atoms with van der Waals surface area (Å²) < 4.78 is 7.05. The monoisotopic (exact) mass is 348 g/mol. The molecule has 1 heterocycles. The van der Waals surface area contributed by atoms with E-state index in [1.807, 2.05) is 31.2 Å². The lowest BCUT2D eigenvalue weighted by Crippen LogP contribution is -2.20. The number of rotatable bonds is 6. The first-order chi connectivity index (χ1) is 10.1. The van der Waals surface area contributed by atoms with Crippen LogP contribution in [0.2, 0.25) is 0 Å². The van der Waals surface area contributed by atoms with Crippen LogP contribution in [0.4, 0.5) is 0 Å². The van der Waals surface area contributed by atoms with Crippen molar-refractivity contribution in [3.63, 3.8) is 0 Å². The molecular weight excluding hydrogens is 328 g/mol. The Morgan fingerprint density at radius 1 is 1.33 bits per heavy atom. The lowest BCUT2D eigenvalue weighted by atomic mass is 10.1. The van der Waals surface area contributed by atoms with E-state index in [-0.39, 0.29) is 6.04 Å². The highest BCUT2D eigenvalue weighted by molar-refractivity contribution is 9.10. The second-order valence-corrected chi connectivity index (χ2v) is 5.94. The van der Waals surface area contributed by atoms with Crippen LogP contribution in [0.25, 0.3) is 0 Å². The Labute approximate surface area is 134 Å². The zero-order valence-corrected chi connectivity index (χ0v) is 14.3. The minimum Gasteiger partial charge on any atom is -0.439 e. The molecule has 0 saturated carbocycles. The Bertz CT molecular complexity index is 601. The van der Waals surface area contributed by atoms with Crippen LogP contribution in [-0.2, 0) is 0 Å². The van der Waals surface area contributed by atoms with Gasteiger partial charge in [0.15, 0.2) is 0 Å². The van der Waals surface area contributed by atoms with Crippen LogP contribution in [0, 0.1) is 6.92 Å². The van der Waals surface area contributed by atoms with Gasteiger partial charge in [-0.05, 0) is 56.6 Å². The third kappa shape index (κ3) is 4.29. The first-order valence-corrected chi connectivity index (χ1v) is 8.03. The summed E-state index contributed by atoms with van der Waals surface area (Å²) >= 11 is 3.50. The van der Waals surface area contributed by atoms with Crippen molar-refractivity contribution in [3.05, 3.63) is 52.1 Å². The molecule has 1 aromatic heterocycles. The average molecular weight is 349 g/mol. The molecule has 1 N–H and O–H groups in total. The van der Waals surface area contributed by atoms with Crippen molar-refractivity contribution in [1.29, 1.82) is 0 Å². The van der Waals surface area contributed by atoms with Crippen molar-refractivity contribution in [1.82, 2.24) is 10.3 Å². The van der Waals surface area contributed by atoms with Crippen LogP contribution in [0.15, 0.2) is 41.0 Å². The molecule has 21 heavy (non-hydrogen) atoms. The van der Waals surface area contributed by atoms with Gasteiger partial charge in [-0.1, -0.05) is 28.9 Å². The highest BCUT2D eigenvalue weighted by Crippen LogP contribution is 2.29. The maximum absolute atomic E-state index is 5.97. The molecule has 2 rings (SSSR count). The average Bonchev–Trinajstić information content (AvgIpc) is 2.49. The number of halogens is 1. The maximum Gasteiger partial charge on any atom is 0.223 e. The number of nitrogens with zero attached hydrogens (tertiary/aromatic N) is 1. The van der Waals surface area contributed by atoms with E-state index in [4.69, 9.17) is 4.74 Å². The van der Waals surface area contributed by atoms with Gasteiger partial charge in [-0.3, -0.25) is 0 Å². The van der Waals surface area contributed by atoms with Gasteiger partial charge in [0.2, 0.25) is 5.88 Å². The van der Waals surface area contributed by atoms with Gasteiger partial charge in [0.05, 0.1) is 0 Å². The molecule has 0 aliphatic rings. The van der Waals surface area contributed by atoms with E-state index in [1.165, 1.54) is 0 Å². The minimum absolute atomic E-state index is 0.213. The van der Waals surface area contributed by atoms with Crippen molar-refractivity contribution in [2.24, 2.45) is 0 Å². The zero-order chi connectivity index (χ0) is 15.2. The number of ether oxygens (including phenoxy) is 1. The van der Waals surface area contributed by atoms with Gasteiger partial charge >= 0.3 is 0 Å². The highest BCUT2D eigenvalue weighted by Gasteiger charge is 2.13. The molecule has 112 valence electrons. The quantitative estimate of drug-likeness (QED) is 0.796. The number of pyridine rings is 1. The normalized spacial score (nSPS) is 12.2. The van der Waals surface area contributed by atoms with Crippen molar-refractivity contribution < 1.29 is 4.74 Å². The second kappa shape index (κ2) is 7.57. The smallest absolute Gasteiger partial charge is 0.223 e. The van der Waals surface area contributed by atoms with E-state index >= 15 is 0 Å². The number of hydrogen-bond acceptors (Lipinski definition) is 3. The fourth-order valence-corrected chi connectivity index (χ4v) is 2.33. The van der Waals surface area contributed by atoms with Crippen molar-refractivity contribution in [3.8, 4) is 11.6 Å². The van der Waals surface area contributed by atoms with Crippen LogP contribution in [0.3, 0.4) is 0 Å². The predicted molar refractivity (Wildman–Crippen MR) is 89.9 cm³/mol. The second-order valence-electron chi connectivity index (χ2n) is 5.09. The molecule has 2 aromatic rings. The first-order valence-electron chi connectivity index (χ1n) is 7.24. The summed E-state index contributed by atoms with van der Waals surface area (Å²) in [7, 11) is 0. The SMILES string of the molecule is CCCNC(C)c1cccnc1Oc1ccc(Br)c(C)c1. The highest BCUT2D eigenvalue weighted by atomic mass is 79.9. The Morgan fingerprint density at radius 2 is 2.14 bits per heavy atom. The fraction of sp³-hybridized carbons (Fsp3) is 0.353. The van der Waals surface area contributed by atoms with E-state index in [0.29, 0.717) is 5.88 Å². The molecule has 0 aliphatic heterocycles. The molecule has 1 aromatic carbocycles. The molecule has 0 bridgehead atoms. The summed E-state index contributed by atoms with van der Waals surface area (Å²) in [6.07, 6.45) is 2.86. The van der Waals surface area contributed by atoms with Gasteiger partial charge < -0.3 is 10.1 Å². The molecule has 0 fully saturated rings. The number of benzene rings is 1. The lowest BCUT2D eigenvalue weighted by Gasteiger charge is -2.17. The van der Waals surface area contributed by atoms with Gasteiger partial charge in [-0.15, -0.1) is 0 Å². The molecule has 0 aliphatic carbocycles. The summed E-state index contributed by atoms with van der Waals surface area (Å²) in [5.41, 5.74) is 2.22. The summed E-state index contributed by atoms with van der Waals surface area (Å²) in [6, 6.07) is 10.2. The number of aryl methyl sites for hydroxylation is 1. The summed E-state index contributed by atoms with van der Waals surface area (Å²) in [5, 5.41) is 3.47. The van der Waals surface area contributed by atoms with Crippen LogP contribution in [0.5, 0.6) is 11.6 Å².